The van der Waals surface area contributed by atoms with Crippen molar-refractivity contribution in [2.24, 2.45) is 21.5 Å². The summed E-state index contributed by atoms with van der Waals surface area (Å²) < 4.78 is 134. The number of hydrogen-bond donors (Lipinski definition) is 8. The van der Waals surface area contributed by atoms with E-state index >= 15 is 0 Å². The van der Waals surface area contributed by atoms with Crippen LogP contribution in [0.2, 0.25) is 0 Å². The third-order valence-electron chi connectivity index (χ3n) is 14.3. The minimum Gasteiger partial charge on any atom is -0.870 e. The second kappa shape index (κ2) is 127. The number of rotatable bonds is 79. The topological polar surface area (TPSA) is 604 Å². The molecule has 10 atom stereocenters. The Labute approximate surface area is 860 Å². The van der Waals surface area contributed by atoms with Crippen LogP contribution in [0.1, 0.15) is 102 Å². The number of aliphatic imine (C=N–C) groups is 2. The maximum atomic E-state index is 11.1. The molecule has 11 N–H and O–H groups in total. The minimum absolute atomic E-state index is 0. The van der Waals surface area contributed by atoms with Crippen molar-refractivity contribution >= 4 is 58.7 Å². The summed E-state index contributed by atoms with van der Waals surface area (Å²) >= 11 is 10.1. The first-order valence-electron chi connectivity index (χ1n) is 44.2. The van der Waals surface area contributed by atoms with Crippen LogP contribution in [-0.2, 0) is 147 Å². The maximum Gasteiger partial charge on any atom is 1.00 e. The Balaban J connectivity index is -0.000000168. The molecule has 3 aliphatic heterocycles. The third kappa shape index (κ3) is 148. The molecule has 44 nitrogen and oxygen atoms in total. The summed E-state index contributed by atoms with van der Waals surface area (Å²) in [6.45, 7) is 51.5. The molecule has 0 saturated carbocycles. The Morgan fingerprint density at radius 2 is 0.640 bits per heavy atom. The Morgan fingerprint density at radius 1 is 0.397 bits per heavy atom. The number of esters is 2. The van der Waals surface area contributed by atoms with E-state index in [2.05, 4.69) is 36.3 Å². The van der Waals surface area contributed by atoms with E-state index in [1.54, 1.807) is 26.8 Å². The molecule has 0 radical (unpaired) electrons. The van der Waals surface area contributed by atoms with Crippen LogP contribution < -0.4 is 62.9 Å². The summed E-state index contributed by atoms with van der Waals surface area (Å²) in [5, 5.41) is 57.2. The van der Waals surface area contributed by atoms with Crippen molar-refractivity contribution in [2.45, 2.75) is 163 Å². The number of nitrogens with two attached hydrogens (primary N) is 2. The number of alkyl halides is 1. The van der Waals surface area contributed by atoms with Crippen molar-refractivity contribution in [3.05, 3.63) is 49.1 Å². The first kappa shape index (κ1) is 152. The predicted octanol–water partition coefficient (Wildman–Crippen LogP) is 1.34. The molecule has 0 spiro atoms. The van der Waals surface area contributed by atoms with Crippen molar-refractivity contribution in [3.8, 4) is 6.07 Å². The molecule has 3 rings (SSSR count). The number of isocyanates is 2. The van der Waals surface area contributed by atoms with Crippen molar-refractivity contribution in [1.82, 2.24) is 0 Å². The fourth-order valence-electron chi connectivity index (χ4n) is 7.47. The second-order valence-corrected chi connectivity index (χ2v) is 28.4. The van der Waals surface area contributed by atoms with Gasteiger partial charge in [0.25, 0.3) is 0 Å². The summed E-state index contributed by atoms with van der Waals surface area (Å²) in [6, 6.07) is 1.69. The van der Waals surface area contributed by atoms with Crippen LogP contribution in [-0.4, -0.2) is 455 Å². The van der Waals surface area contributed by atoms with Gasteiger partial charge in [-0.1, -0.05) is 33.7 Å². The minimum atomic E-state index is -0.695. The Bertz CT molecular complexity index is 2660. The van der Waals surface area contributed by atoms with E-state index in [0.29, 0.717) is 266 Å². The van der Waals surface area contributed by atoms with Crippen LogP contribution in [0.4, 0.5) is 4.79 Å². The van der Waals surface area contributed by atoms with Gasteiger partial charge in [0.1, 0.15) is 38.6 Å². The van der Waals surface area contributed by atoms with Gasteiger partial charge in [0.15, 0.2) is 0 Å². The number of nitrogens with zero attached hydrogens (tertiary/aromatic N) is 3. The molecule has 800 valence electrons. The normalized spacial score (nSPS) is 14.3. The van der Waals surface area contributed by atoms with Gasteiger partial charge >= 0.3 is 69.5 Å². The number of ether oxygens (including phenoxy) is 26. The molecule has 0 aromatic heterocycles. The van der Waals surface area contributed by atoms with E-state index < -0.39 is 23.3 Å². The van der Waals surface area contributed by atoms with Gasteiger partial charge in [0.2, 0.25) is 17.4 Å². The van der Waals surface area contributed by atoms with Crippen LogP contribution in [0.3, 0.4) is 0 Å². The van der Waals surface area contributed by atoms with E-state index in [4.69, 9.17) is 194 Å². The summed E-state index contributed by atoms with van der Waals surface area (Å²) in [4.78, 5) is 69.6. The molecular weight excluding hydrogens is 1870 g/mol. The van der Waals surface area contributed by atoms with Crippen molar-refractivity contribution < 1.29 is 239 Å². The second-order valence-electron chi connectivity index (χ2n) is 27.7. The number of epoxide rings is 3. The molecule has 3 aliphatic rings. The van der Waals surface area contributed by atoms with Gasteiger partial charge < -0.3 is 171 Å². The SMILES string of the molecule is C.C=C(C)C(=O)Cl.C=C(C)C(=O)OCCOCC(C)OCCOC(=O)C(=C)C.C=CC#N.CC(COCCO)OCCO.CC(COCCO)OCCO.CC(COCCO)OCCO.CC(COCCOCC1CO1)OCCOC(=O)OCC1CO1.CC(COCCOCCCN)OCCOCCCN.CC(COCCOCCCN=C=O)OCCOCCCN=C=O.ClCC1CO1.[K+].[OH-]. The molecule has 0 aliphatic carbocycles. The van der Waals surface area contributed by atoms with E-state index in [0.717, 1.165) is 26.1 Å². The monoisotopic (exact) mass is 2040 g/mol. The van der Waals surface area contributed by atoms with Gasteiger partial charge in [0.05, 0.1) is 312 Å². The average Bonchev–Trinajstić information content (AvgIpc) is 1.82. The molecule has 0 bridgehead atoms. The zero-order chi connectivity index (χ0) is 101. The van der Waals surface area contributed by atoms with Crippen LogP contribution in [0, 0.1) is 11.3 Å². The molecule has 0 amide bonds. The van der Waals surface area contributed by atoms with Gasteiger partial charge in [0, 0.05) is 49.2 Å². The zero-order valence-electron chi connectivity index (χ0n) is 82.1. The molecule has 0 aromatic rings. The van der Waals surface area contributed by atoms with E-state index in [1.165, 1.54) is 18.2 Å². The number of allylic oxidation sites excluding steroid dienone is 2. The van der Waals surface area contributed by atoms with Crippen LogP contribution >= 0.6 is 23.2 Å². The fourth-order valence-corrected chi connectivity index (χ4v) is 7.65. The Hall–Kier alpha value is -3.93. The van der Waals surface area contributed by atoms with Gasteiger partial charge in [-0.05, 0) is 120 Å². The van der Waals surface area contributed by atoms with Crippen molar-refractivity contribution in [1.29, 1.82) is 5.26 Å². The summed E-state index contributed by atoms with van der Waals surface area (Å²) in [5.74, 6) is -0.191. The molecule has 3 saturated heterocycles. The maximum absolute atomic E-state index is 11.1. The molecule has 47 heteroatoms. The molecule has 136 heavy (non-hydrogen) atoms. The Morgan fingerprint density at radius 3 is 0.897 bits per heavy atom. The number of aliphatic hydroxyl groups excluding tert-OH is 6. The zero-order valence-corrected chi connectivity index (χ0v) is 86.7. The van der Waals surface area contributed by atoms with Crippen LogP contribution in [0.15, 0.2) is 59.1 Å². The predicted molar refractivity (Wildman–Crippen MR) is 502 cm³/mol. The summed E-state index contributed by atoms with van der Waals surface area (Å²) in [7, 11) is 0. The van der Waals surface area contributed by atoms with Gasteiger partial charge in [-0.3, -0.25) is 4.79 Å². The van der Waals surface area contributed by atoms with E-state index in [1.807, 2.05) is 48.5 Å². The van der Waals surface area contributed by atoms with Gasteiger partial charge in [-0.25, -0.2) is 34.0 Å². The number of aliphatic hydroxyl groups is 6. The van der Waals surface area contributed by atoms with Crippen molar-refractivity contribution in [3.63, 3.8) is 0 Å². The molecule has 3 heterocycles. The third-order valence-corrected chi connectivity index (χ3v) is 15.0. The Kier molecular flexibility index (Phi) is 142. The summed E-state index contributed by atoms with van der Waals surface area (Å²) in [5.41, 5.74) is 11.8. The van der Waals surface area contributed by atoms with E-state index in [9.17, 15) is 28.8 Å². The number of nitriles is 1. The first-order chi connectivity index (χ1) is 64.1. The molecule has 0 aromatic carbocycles. The number of carbonyl (C=O) groups is 4. The quantitative estimate of drug-likeness (QED) is 0.00364. The van der Waals surface area contributed by atoms with Gasteiger partial charge in [-0.2, -0.15) is 5.26 Å². The number of halogens is 2. The first-order valence-corrected chi connectivity index (χ1v) is 45.1. The molecule has 10 unspecified atom stereocenters. The molecular formula is C89H170Cl2KN5O39. The smallest absolute Gasteiger partial charge is 0.870 e. The van der Waals surface area contributed by atoms with E-state index in [-0.39, 0.29) is 199 Å². The standard InChI is InChI=1S/C15H26N2O6.C15H24O6.C14H24O8.C13H30N2O4.3C7H16O4.C4H5ClO.C3H5ClO.C3H3N.CH4.K.H2O/c1-15(23-11-10-21-7-3-5-17-14-19)12-22-9-8-20-6-2-4-16-13-18;1-11(2)14(16)20-7-6-18-10-13(5)19-8-9-21-15(17)12(3)4;1-11(6-16-2-3-17-7-12-8-20-12)18-4-5-19-14(15)22-10-13-9-21-13;1-13(19-11-10-17-7-3-5-15)12-18-9-8-16-6-2-4-14;3*1-7(11-5-3-9)6-10-4-2-8;1-3(2)4(5)6;4-1-3-2-5-3;1-2-3-4;;;/h15H,2-12H2,1H3;13H,1,3,6-10H2,2,4-5H3;11-13H,2-10H2,1H3;13H,2-12,14-15H2,1H3;3*7-9H,2-6H2,1H3;1H2,2H3;3H,1-2H2;2H,1H2;1H4;;1H2/q;;;;;;;;;;;+1;/p-1. The average molecular weight is 2040 g/mol. The largest absolute Gasteiger partial charge is 1.00 e. The molecule has 3 fully saturated rings. The van der Waals surface area contributed by atoms with Crippen molar-refractivity contribution in [2.75, 3.05) is 323 Å². The number of hydrogen-bond acceptors (Lipinski definition) is 44. The summed E-state index contributed by atoms with van der Waals surface area (Å²) in [6.07, 6.45) is 7.14. The van der Waals surface area contributed by atoms with Crippen LogP contribution in [0.5, 0.6) is 0 Å². The number of carbonyl (C=O) groups excluding carboxylic acids is 6. The fraction of sp³-hybridized carbons (Fsp3) is 0.831. The van der Waals surface area contributed by atoms with Gasteiger partial charge in [-0.15, -0.1) is 11.6 Å². The van der Waals surface area contributed by atoms with Crippen LogP contribution in [0.25, 0.3) is 0 Å².